The second-order valence-corrected chi connectivity index (χ2v) is 3.55. The Morgan fingerprint density at radius 2 is 2.07 bits per heavy atom. The molecule has 0 aliphatic carbocycles. The molecule has 0 aromatic heterocycles. The van der Waals surface area contributed by atoms with Crippen molar-refractivity contribution in [3.63, 3.8) is 0 Å². The number of hydrogen-bond donors (Lipinski definition) is 2. The molecule has 1 amide bonds. The predicted molar refractivity (Wildman–Crippen MR) is 57.6 cm³/mol. The Hall–Kier alpha value is -1.10. The molecule has 0 bridgehead atoms. The highest BCUT2D eigenvalue weighted by atomic mass is 16.4. The number of nitrogens with one attached hydrogen (secondary N) is 1. The summed E-state index contributed by atoms with van der Waals surface area (Å²) in [6.45, 7) is 2.42. The van der Waals surface area contributed by atoms with Gasteiger partial charge in [0.05, 0.1) is 0 Å². The summed E-state index contributed by atoms with van der Waals surface area (Å²) >= 11 is 0. The first-order valence-corrected chi connectivity index (χ1v) is 5.16. The summed E-state index contributed by atoms with van der Waals surface area (Å²) in [6, 6.07) is -0.486. The normalized spacial score (nSPS) is 12.5. The van der Waals surface area contributed by atoms with Crippen LogP contribution >= 0.6 is 0 Å². The standard InChI is InChI=1S/C10H20N2O3/c1-4-5-8(10(14)15)12(3)7-6-9(13)11-2/h8H,4-7H2,1-3H3,(H,11,13)(H,14,15). The molecule has 0 aromatic rings. The molecule has 0 spiro atoms. The summed E-state index contributed by atoms with van der Waals surface area (Å²) in [7, 11) is 3.31. The van der Waals surface area contributed by atoms with E-state index in [-0.39, 0.29) is 5.91 Å². The summed E-state index contributed by atoms with van der Waals surface area (Å²) in [6.07, 6.45) is 1.77. The fourth-order valence-corrected chi connectivity index (χ4v) is 1.36. The van der Waals surface area contributed by atoms with E-state index in [9.17, 15) is 9.59 Å². The van der Waals surface area contributed by atoms with Crippen molar-refractivity contribution in [1.29, 1.82) is 0 Å². The van der Waals surface area contributed by atoms with E-state index in [2.05, 4.69) is 5.32 Å². The molecule has 0 aliphatic rings. The lowest BCUT2D eigenvalue weighted by Crippen LogP contribution is -2.40. The molecule has 0 saturated carbocycles. The minimum Gasteiger partial charge on any atom is -0.480 e. The number of amides is 1. The zero-order valence-electron chi connectivity index (χ0n) is 9.62. The third kappa shape index (κ3) is 5.37. The van der Waals surface area contributed by atoms with Gasteiger partial charge in [0.15, 0.2) is 0 Å². The number of carboxylic acids is 1. The maximum Gasteiger partial charge on any atom is 0.320 e. The van der Waals surface area contributed by atoms with Crippen molar-refractivity contribution in [3.8, 4) is 0 Å². The minimum atomic E-state index is -0.823. The van der Waals surface area contributed by atoms with Gasteiger partial charge in [0, 0.05) is 20.0 Å². The van der Waals surface area contributed by atoms with Gasteiger partial charge >= 0.3 is 5.97 Å². The van der Waals surface area contributed by atoms with Gasteiger partial charge in [-0.15, -0.1) is 0 Å². The van der Waals surface area contributed by atoms with Crippen molar-refractivity contribution >= 4 is 11.9 Å². The summed E-state index contributed by atoms with van der Waals surface area (Å²) in [5, 5.41) is 11.5. The second kappa shape index (κ2) is 7.23. The van der Waals surface area contributed by atoms with Crippen LogP contribution in [0.5, 0.6) is 0 Å². The molecule has 0 aliphatic heterocycles. The Morgan fingerprint density at radius 1 is 1.47 bits per heavy atom. The van der Waals surface area contributed by atoms with Crippen LogP contribution in [0.3, 0.4) is 0 Å². The number of likely N-dealkylation sites (N-methyl/N-ethyl adjacent to an activating group) is 1. The van der Waals surface area contributed by atoms with Crippen molar-refractivity contribution < 1.29 is 14.7 Å². The molecule has 5 nitrogen and oxygen atoms in total. The number of aliphatic carboxylic acids is 1. The summed E-state index contributed by atoms with van der Waals surface area (Å²) in [5.41, 5.74) is 0. The van der Waals surface area contributed by atoms with Crippen LogP contribution in [0.1, 0.15) is 26.2 Å². The molecule has 0 fully saturated rings. The lowest BCUT2D eigenvalue weighted by Gasteiger charge is -2.23. The molecule has 0 saturated heterocycles. The van der Waals surface area contributed by atoms with Gasteiger partial charge in [-0.05, 0) is 13.5 Å². The Kier molecular flexibility index (Phi) is 6.70. The monoisotopic (exact) mass is 216 g/mol. The van der Waals surface area contributed by atoms with E-state index in [4.69, 9.17) is 5.11 Å². The predicted octanol–water partition coefficient (Wildman–Crippen LogP) is 0.308. The molecule has 1 atom stereocenters. The molecule has 0 heterocycles. The van der Waals surface area contributed by atoms with E-state index in [0.717, 1.165) is 6.42 Å². The first-order chi connectivity index (χ1) is 7.02. The van der Waals surface area contributed by atoms with E-state index >= 15 is 0 Å². The van der Waals surface area contributed by atoms with Gasteiger partial charge in [-0.1, -0.05) is 13.3 Å². The van der Waals surface area contributed by atoms with E-state index < -0.39 is 12.0 Å². The van der Waals surface area contributed by atoms with Crippen LogP contribution < -0.4 is 5.32 Å². The molecule has 0 rings (SSSR count). The minimum absolute atomic E-state index is 0.0671. The van der Waals surface area contributed by atoms with Gasteiger partial charge in [-0.2, -0.15) is 0 Å². The Balaban J connectivity index is 4.07. The molecule has 88 valence electrons. The molecule has 0 aromatic carbocycles. The van der Waals surface area contributed by atoms with Crippen LogP contribution in [0.15, 0.2) is 0 Å². The number of carboxylic acid groups (broad SMARTS) is 1. The first-order valence-electron chi connectivity index (χ1n) is 5.16. The van der Waals surface area contributed by atoms with Crippen LogP contribution in [0.2, 0.25) is 0 Å². The van der Waals surface area contributed by atoms with Crippen molar-refractivity contribution in [2.45, 2.75) is 32.2 Å². The molecular weight excluding hydrogens is 196 g/mol. The third-order valence-corrected chi connectivity index (χ3v) is 2.35. The molecule has 5 heteroatoms. The average Bonchev–Trinajstić information content (AvgIpc) is 2.21. The number of carbonyl (C=O) groups is 2. The van der Waals surface area contributed by atoms with Crippen LogP contribution in [-0.2, 0) is 9.59 Å². The Bertz CT molecular complexity index is 219. The SMILES string of the molecule is CCCC(C(=O)O)N(C)CCC(=O)NC. The van der Waals surface area contributed by atoms with Crippen molar-refractivity contribution in [2.75, 3.05) is 20.6 Å². The van der Waals surface area contributed by atoms with Crippen molar-refractivity contribution in [2.24, 2.45) is 0 Å². The maximum absolute atomic E-state index is 11.0. The number of rotatable bonds is 7. The number of hydrogen-bond acceptors (Lipinski definition) is 3. The highest BCUT2D eigenvalue weighted by Gasteiger charge is 2.21. The van der Waals surface area contributed by atoms with Crippen molar-refractivity contribution in [3.05, 3.63) is 0 Å². The highest BCUT2D eigenvalue weighted by molar-refractivity contribution is 5.76. The molecule has 1 unspecified atom stereocenters. The smallest absolute Gasteiger partial charge is 0.320 e. The van der Waals surface area contributed by atoms with Gasteiger partial charge in [-0.25, -0.2) is 0 Å². The fourth-order valence-electron chi connectivity index (χ4n) is 1.36. The second-order valence-electron chi connectivity index (χ2n) is 3.55. The topological polar surface area (TPSA) is 69.6 Å². The van der Waals surface area contributed by atoms with E-state index in [0.29, 0.717) is 19.4 Å². The van der Waals surface area contributed by atoms with Crippen LogP contribution in [0, 0.1) is 0 Å². The van der Waals surface area contributed by atoms with Crippen LogP contribution in [-0.4, -0.2) is 48.6 Å². The molecular formula is C10H20N2O3. The largest absolute Gasteiger partial charge is 0.480 e. The van der Waals surface area contributed by atoms with Gasteiger partial charge in [0.1, 0.15) is 6.04 Å². The zero-order valence-corrected chi connectivity index (χ0v) is 9.62. The number of nitrogens with zero attached hydrogens (tertiary/aromatic N) is 1. The van der Waals surface area contributed by atoms with Gasteiger partial charge in [-0.3, -0.25) is 14.5 Å². The fraction of sp³-hybridized carbons (Fsp3) is 0.800. The van der Waals surface area contributed by atoms with E-state index in [1.54, 1.807) is 19.0 Å². The van der Waals surface area contributed by atoms with Crippen LogP contribution in [0.25, 0.3) is 0 Å². The highest BCUT2D eigenvalue weighted by Crippen LogP contribution is 2.05. The Labute approximate surface area is 90.5 Å². The molecule has 0 radical (unpaired) electrons. The summed E-state index contributed by atoms with van der Waals surface area (Å²) < 4.78 is 0. The van der Waals surface area contributed by atoms with Crippen LogP contribution in [0.4, 0.5) is 0 Å². The first kappa shape index (κ1) is 13.9. The maximum atomic E-state index is 11.0. The average molecular weight is 216 g/mol. The lowest BCUT2D eigenvalue weighted by atomic mass is 10.1. The summed E-state index contributed by atoms with van der Waals surface area (Å²) in [5.74, 6) is -0.890. The summed E-state index contributed by atoms with van der Waals surface area (Å²) in [4.78, 5) is 23.6. The van der Waals surface area contributed by atoms with E-state index in [1.807, 2.05) is 6.92 Å². The zero-order chi connectivity index (χ0) is 11.8. The molecule has 2 N–H and O–H groups in total. The third-order valence-electron chi connectivity index (χ3n) is 2.35. The Morgan fingerprint density at radius 3 is 2.47 bits per heavy atom. The van der Waals surface area contributed by atoms with Gasteiger partial charge in [0.2, 0.25) is 5.91 Å². The number of carbonyl (C=O) groups excluding carboxylic acids is 1. The van der Waals surface area contributed by atoms with E-state index in [1.165, 1.54) is 0 Å². The lowest BCUT2D eigenvalue weighted by molar-refractivity contribution is -0.143. The van der Waals surface area contributed by atoms with Gasteiger partial charge < -0.3 is 10.4 Å². The van der Waals surface area contributed by atoms with Gasteiger partial charge in [0.25, 0.3) is 0 Å². The quantitative estimate of drug-likeness (QED) is 0.642. The molecule has 15 heavy (non-hydrogen) atoms. The van der Waals surface area contributed by atoms with Crippen molar-refractivity contribution in [1.82, 2.24) is 10.2 Å².